The zero-order chi connectivity index (χ0) is 15.4. The Labute approximate surface area is 129 Å². The first kappa shape index (κ1) is 15.9. The number of hydrogen-bond acceptors (Lipinski definition) is 4. The molecule has 0 fully saturated rings. The number of benzene rings is 1. The third-order valence-corrected chi connectivity index (χ3v) is 4.45. The fourth-order valence-corrected chi connectivity index (χ4v) is 3.08. The zero-order valence-electron chi connectivity index (χ0n) is 13.0. The largest absolute Gasteiger partial charge is 0.321 e. The molecule has 1 N–H and O–H groups in total. The average Bonchev–Trinajstić information content (AvgIpc) is 2.88. The number of aromatic nitrogens is 1. The van der Waals surface area contributed by atoms with E-state index in [1.165, 1.54) is 17.0 Å². The van der Waals surface area contributed by atoms with E-state index in [4.69, 9.17) is 4.98 Å². The SMILES string of the molecule is CCc1nc(N(C)c2ccc(F)cc2)sc1CNC(C)C. The van der Waals surface area contributed by atoms with E-state index in [1.54, 1.807) is 23.5 Å². The van der Waals surface area contributed by atoms with Crippen molar-refractivity contribution in [2.75, 3.05) is 11.9 Å². The van der Waals surface area contributed by atoms with Crippen molar-refractivity contribution in [3.05, 3.63) is 40.7 Å². The lowest BCUT2D eigenvalue weighted by molar-refractivity contribution is 0.590. The smallest absolute Gasteiger partial charge is 0.190 e. The molecule has 1 aromatic heterocycles. The maximum atomic E-state index is 13.0. The van der Waals surface area contributed by atoms with E-state index in [0.717, 1.165) is 29.5 Å². The second-order valence-corrected chi connectivity index (χ2v) is 6.35. The van der Waals surface area contributed by atoms with Crippen LogP contribution in [-0.2, 0) is 13.0 Å². The van der Waals surface area contributed by atoms with E-state index in [0.29, 0.717) is 6.04 Å². The molecule has 21 heavy (non-hydrogen) atoms. The first-order valence-electron chi connectivity index (χ1n) is 7.22. The molecule has 5 heteroatoms. The van der Waals surface area contributed by atoms with Crippen LogP contribution < -0.4 is 10.2 Å². The zero-order valence-corrected chi connectivity index (χ0v) is 13.8. The Bertz CT molecular complexity index is 578. The summed E-state index contributed by atoms with van der Waals surface area (Å²) in [6.45, 7) is 7.24. The molecule has 1 heterocycles. The maximum Gasteiger partial charge on any atom is 0.190 e. The van der Waals surface area contributed by atoms with Crippen LogP contribution in [0.2, 0.25) is 0 Å². The van der Waals surface area contributed by atoms with Crippen LogP contribution in [0, 0.1) is 5.82 Å². The molecule has 0 unspecified atom stereocenters. The van der Waals surface area contributed by atoms with Gasteiger partial charge in [-0.05, 0) is 30.7 Å². The lowest BCUT2D eigenvalue weighted by Gasteiger charge is -2.15. The van der Waals surface area contributed by atoms with Gasteiger partial charge in [0, 0.05) is 30.2 Å². The topological polar surface area (TPSA) is 28.2 Å². The fourth-order valence-electron chi connectivity index (χ4n) is 2.00. The Morgan fingerprint density at radius 1 is 1.29 bits per heavy atom. The van der Waals surface area contributed by atoms with E-state index in [-0.39, 0.29) is 5.82 Å². The molecule has 0 saturated heterocycles. The Morgan fingerprint density at radius 3 is 2.52 bits per heavy atom. The van der Waals surface area contributed by atoms with E-state index in [2.05, 4.69) is 26.1 Å². The molecule has 0 bridgehead atoms. The minimum Gasteiger partial charge on any atom is -0.321 e. The van der Waals surface area contributed by atoms with Gasteiger partial charge in [0.15, 0.2) is 5.13 Å². The van der Waals surface area contributed by atoms with Crippen LogP contribution in [0.3, 0.4) is 0 Å². The minimum absolute atomic E-state index is 0.220. The van der Waals surface area contributed by atoms with Crippen LogP contribution >= 0.6 is 11.3 Å². The van der Waals surface area contributed by atoms with Crippen LogP contribution in [0.5, 0.6) is 0 Å². The molecule has 0 amide bonds. The summed E-state index contributed by atoms with van der Waals surface area (Å²) < 4.78 is 13.0. The quantitative estimate of drug-likeness (QED) is 0.870. The Balaban J connectivity index is 2.21. The lowest BCUT2D eigenvalue weighted by atomic mass is 10.3. The van der Waals surface area contributed by atoms with Gasteiger partial charge in [-0.25, -0.2) is 9.37 Å². The second kappa shape index (κ2) is 7.00. The van der Waals surface area contributed by atoms with Gasteiger partial charge < -0.3 is 10.2 Å². The highest BCUT2D eigenvalue weighted by Gasteiger charge is 2.14. The number of halogens is 1. The number of anilines is 2. The van der Waals surface area contributed by atoms with Gasteiger partial charge in [0.05, 0.1) is 5.69 Å². The standard InChI is InChI=1S/C16H22FN3S/c1-5-14-15(10-18-11(2)3)21-16(19-14)20(4)13-8-6-12(17)7-9-13/h6-9,11,18H,5,10H2,1-4H3. The van der Waals surface area contributed by atoms with Crippen molar-refractivity contribution >= 4 is 22.2 Å². The predicted octanol–water partition coefficient (Wildman–Crippen LogP) is 4.11. The Hall–Kier alpha value is -1.46. The Morgan fingerprint density at radius 2 is 1.95 bits per heavy atom. The summed E-state index contributed by atoms with van der Waals surface area (Å²) >= 11 is 1.69. The first-order valence-corrected chi connectivity index (χ1v) is 8.04. The molecule has 3 nitrogen and oxygen atoms in total. The summed E-state index contributed by atoms with van der Waals surface area (Å²) in [6.07, 6.45) is 0.920. The summed E-state index contributed by atoms with van der Waals surface area (Å²) in [7, 11) is 1.96. The lowest BCUT2D eigenvalue weighted by Crippen LogP contribution is -2.21. The van der Waals surface area contributed by atoms with Crippen LogP contribution in [0.4, 0.5) is 15.2 Å². The maximum absolute atomic E-state index is 13.0. The van der Waals surface area contributed by atoms with Crippen LogP contribution in [0.25, 0.3) is 0 Å². The van der Waals surface area contributed by atoms with Crippen molar-refractivity contribution in [3.63, 3.8) is 0 Å². The van der Waals surface area contributed by atoms with Crippen LogP contribution in [0.1, 0.15) is 31.3 Å². The van der Waals surface area contributed by atoms with Crippen molar-refractivity contribution in [3.8, 4) is 0 Å². The molecule has 0 spiro atoms. The summed E-state index contributed by atoms with van der Waals surface area (Å²) in [5.41, 5.74) is 2.08. The molecule has 0 saturated carbocycles. The van der Waals surface area contributed by atoms with Gasteiger partial charge in [0.25, 0.3) is 0 Å². The molecule has 0 aliphatic heterocycles. The molecule has 0 aliphatic rings. The number of thiazole rings is 1. The van der Waals surface area contributed by atoms with Gasteiger partial charge in [-0.2, -0.15) is 0 Å². The third-order valence-electron chi connectivity index (χ3n) is 3.27. The van der Waals surface area contributed by atoms with Crippen molar-refractivity contribution in [2.24, 2.45) is 0 Å². The molecular formula is C16H22FN3S. The van der Waals surface area contributed by atoms with E-state index < -0.39 is 0 Å². The van der Waals surface area contributed by atoms with E-state index >= 15 is 0 Å². The Kier molecular flexibility index (Phi) is 5.31. The minimum atomic E-state index is -0.220. The third kappa shape index (κ3) is 4.02. The van der Waals surface area contributed by atoms with Crippen molar-refractivity contribution in [1.29, 1.82) is 0 Å². The van der Waals surface area contributed by atoms with Crippen molar-refractivity contribution in [2.45, 2.75) is 39.8 Å². The monoisotopic (exact) mass is 307 g/mol. The summed E-state index contributed by atoms with van der Waals surface area (Å²) in [6, 6.07) is 6.95. The van der Waals surface area contributed by atoms with Crippen molar-refractivity contribution in [1.82, 2.24) is 10.3 Å². The van der Waals surface area contributed by atoms with Gasteiger partial charge in [-0.3, -0.25) is 0 Å². The van der Waals surface area contributed by atoms with Gasteiger partial charge in [0.2, 0.25) is 0 Å². The molecular weight excluding hydrogens is 285 g/mol. The molecule has 114 valence electrons. The fraction of sp³-hybridized carbons (Fsp3) is 0.438. The van der Waals surface area contributed by atoms with Crippen molar-refractivity contribution < 1.29 is 4.39 Å². The van der Waals surface area contributed by atoms with E-state index in [9.17, 15) is 4.39 Å². The molecule has 0 radical (unpaired) electrons. The highest BCUT2D eigenvalue weighted by Crippen LogP contribution is 2.31. The normalized spacial score (nSPS) is 11.1. The second-order valence-electron chi connectivity index (χ2n) is 5.29. The number of nitrogens with zero attached hydrogens (tertiary/aromatic N) is 2. The van der Waals surface area contributed by atoms with Crippen LogP contribution in [0.15, 0.2) is 24.3 Å². The number of nitrogens with one attached hydrogen (secondary N) is 1. The summed E-state index contributed by atoms with van der Waals surface area (Å²) in [5.74, 6) is -0.220. The van der Waals surface area contributed by atoms with Gasteiger partial charge in [0.1, 0.15) is 5.82 Å². The number of hydrogen-bond donors (Lipinski definition) is 1. The average molecular weight is 307 g/mol. The number of rotatable bonds is 6. The molecule has 2 rings (SSSR count). The molecule has 1 aromatic carbocycles. The summed E-state index contributed by atoms with van der Waals surface area (Å²) in [4.78, 5) is 7.99. The first-order chi connectivity index (χ1) is 10.0. The van der Waals surface area contributed by atoms with E-state index in [1.807, 2.05) is 11.9 Å². The van der Waals surface area contributed by atoms with Gasteiger partial charge in [-0.1, -0.05) is 32.1 Å². The molecule has 0 aliphatic carbocycles. The highest BCUT2D eigenvalue weighted by atomic mass is 32.1. The molecule has 2 aromatic rings. The number of aryl methyl sites for hydroxylation is 1. The highest BCUT2D eigenvalue weighted by molar-refractivity contribution is 7.15. The van der Waals surface area contributed by atoms with Gasteiger partial charge >= 0.3 is 0 Å². The molecule has 0 atom stereocenters. The predicted molar refractivity (Wildman–Crippen MR) is 87.9 cm³/mol. The van der Waals surface area contributed by atoms with Gasteiger partial charge in [-0.15, -0.1) is 0 Å². The van der Waals surface area contributed by atoms with Crippen LogP contribution in [-0.4, -0.2) is 18.1 Å². The summed E-state index contributed by atoms with van der Waals surface area (Å²) in [5, 5.41) is 4.38.